The number of pyridine rings is 1. The van der Waals surface area contributed by atoms with Crippen molar-refractivity contribution in [1.29, 1.82) is 0 Å². The number of nitrogens with zero attached hydrogens (tertiary/aromatic N) is 3. The van der Waals surface area contributed by atoms with Crippen LogP contribution in [0.25, 0.3) is 0 Å². The Balaban J connectivity index is 1.50. The fourth-order valence-electron chi connectivity index (χ4n) is 4.13. The van der Waals surface area contributed by atoms with E-state index in [1.54, 1.807) is 24.6 Å². The van der Waals surface area contributed by atoms with Gasteiger partial charge in [-0.25, -0.2) is 4.98 Å². The monoisotopic (exact) mass is 480 g/mol. The van der Waals surface area contributed by atoms with Crippen molar-refractivity contribution in [3.8, 4) is 11.6 Å². The summed E-state index contributed by atoms with van der Waals surface area (Å²) in [6, 6.07) is 12.2. The van der Waals surface area contributed by atoms with Crippen LogP contribution in [0, 0.1) is 6.92 Å². The number of thiophene rings is 1. The van der Waals surface area contributed by atoms with E-state index in [0.29, 0.717) is 24.5 Å². The molecular formula is C26H32N4O3S. The number of likely N-dealkylation sites (N-methyl/N-ethyl adjacent to an activating group) is 1. The number of benzene rings is 1. The number of aromatic nitrogens is 1. The molecule has 3 aromatic rings. The number of nitrogens with one attached hydrogen (secondary N) is 1. The number of ether oxygens (including phenoxy) is 2. The van der Waals surface area contributed by atoms with Crippen molar-refractivity contribution < 1.29 is 14.3 Å². The van der Waals surface area contributed by atoms with Crippen molar-refractivity contribution in [3.63, 3.8) is 0 Å². The minimum atomic E-state index is -0.0148. The summed E-state index contributed by atoms with van der Waals surface area (Å²) in [5, 5.41) is 5.29. The van der Waals surface area contributed by atoms with Crippen LogP contribution in [0.5, 0.6) is 11.6 Å². The van der Waals surface area contributed by atoms with Gasteiger partial charge in [0.2, 0.25) is 5.88 Å². The zero-order valence-electron chi connectivity index (χ0n) is 20.2. The summed E-state index contributed by atoms with van der Waals surface area (Å²) in [5.41, 5.74) is 3.66. The first kappa shape index (κ1) is 24.0. The lowest BCUT2D eigenvalue weighted by molar-refractivity contribution is 0.0754. The summed E-state index contributed by atoms with van der Waals surface area (Å²) in [4.78, 5) is 22.8. The third kappa shape index (κ3) is 5.34. The van der Waals surface area contributed by atoms with E-state index >= 15 is 0 Å². The molecule has 180 valence electrons. The Morgan fingerprint density at radius 2 is 2.09 bits per heavy atom. The fourth-order valence-corrected chi connectivity index (χ4v) is 4.92. The lowest BCUT2D eigenvalue weighted by Gasteiger charge is -2.23. The number of hydrogen-bond donors (Lipinski definition) is 1. The number of fused-ring (bicyclic) bond motifs is 1. The average Bonchev–Trinajstić information content (AvgIpc) is 3.36. The van der Waals surface area contributed by atoms with Gasteiger partial charge in [0.1, 0.15) is 11.9 Å². The van der Waals surface area contributed by atoms with Crippen molar-refractivity contribution in [1.82, 2.24) is 15.2 Å². The first-order valence-electron chi connectivity index (χ1n) is 11.5. The zero-order chi connectivity index (χ0) is 24.1. The number of aryl methyl sites for hydroxylation is 1. The molecule has 3 heterocycles. The van der Waals surface area contributed by atoms with Crippen LogP contribution in [0.4, 0.5) is 5.69 Å². The molecular weight excluding hydrogens is 448 g/mol. The van der Waals surface area contributed by atoms with E-state index < -0.39 is 0 Å². The Morgan fingerprint density at radius 1 is 1.24 bits per heavy atom. The molecule has 4 rings (SSSR count). The molecule has 1 N–H and O–H groups in total. The van der Waals surface area contributed by atoms with E-state index in [0.717, 1.165) is 42.1 Å². The van der Waals surface area contributed by atoms with Crippen molar-refractivity contribution in [3.05, 3.63) is 69.5 Å². The summed E-state index contributed by atoms with van der Waals surface area (Å²) < 4.78 is 11.6. The Kier molecular flexibility index (Phi) is 7.70. The molecule has 0 aliphatic carbocycles. The second-order valence-electron chi connectivity index (χ2n) is 8.49. The zero-order valence-corrected chi connectivity index (χ0v) is 21.0. The SMILES string of the molecule is CNCC[C@H](Oc1ccc(CN2CCN(C)c3cc(OC)ncc3C2=O)c(C)c1)c1cccs1. The standard InChI is InChI=1S/C26H32N4O3S/c1-18-14-20(33-23(9-10-27-2)24-6-5-13-34-24)8-7-19(18)17-30-12-11-29(3)22-15-25(32-4)28-16-21(22)26(30)31/h5-8,13-16,23,27H,9-12,17H2,1-4H3/t23-/m0/s1. The van der Waals surface area contributed by atoms with Crippen LogP contribution in [-0.4, -0.2) is 56.6 Å². The van der Waals surface area contributed by atoms with Crippen LogP contribution in [0.3, 0.4) is 0 Å². The summed E-state index contributed by atoms with van der Waals surface area (Å²) in [5.74, 6) is 1.34. The van der Waals surface area contributed by atoms with Gasteiger partial charge in [-0.15, -0.1) is 11.3 Å². The number of amides is 1. The maximum atomic E-state index is 13.3. The molecule has 1 amide bonds. The summed E-state index contributed by atoms with van der Waals surface area (Å²) in [6.07, 6.45) is 2.53. The van der Waals surface area contributed by atoms with Crippen molar-refractivity contribution in [2.45, 2.75) is 26.0 Å². The largest absolute Gasteiger partial charge is 0.485 e. The molecule has 1 aromatic carbocycles. The van der Waals surface area contributed by atoms with Gasteiger partial charge in [-0.05, 0) is 55.2 Å². The normalized spacial score (nSPS) is 14.5. The number of hydrogen-bond acceptors (Lipinski definition) is 7. The van der Waals surface area contributed by atoms with Crippen LogP contribution < -0.4 is 19.7 Å². The van der Waals surface area contributed by atoms with Crippen molar-refractivity contribution in [2.24, 2.45) is 0 Å². The topological polar surface area (TPSA) is 66.9 Å². The van der Waals surface area contributed by atoms with E-state index in [-0.39, 0.29) is 12.0 Å². The van der Waals surface area contributed by atoms with E-state index in [9.17, 15) is 4.79 Å². The predicted octanol–water partition coefficient (Wildman–Crippen LogP) is 4.28. The Hall–Kier alpha value is -3.10. The molecule has 0 bridgehead atoms. The van der Waals surface area contributed by atoms with Gasteiger partial charge in [0.25, 0.3) is 5.91 Å². The van der Waals surface area contributed by atoms with Gasteiger partial charge in [0, 0.05) is 50.2 Å². The molecule has 0 saturated heterocycles. The second kappa shape index (κ2) is 10.9. The average molecular weight is 481 g/mol. The molecule has 2 aromatic heterocycles. The minimum absolute atomic E-state index is 0.0148. The molecule has 0 spiro atoms. The van der Waals surface area contributed by atoms with Gasteiger partial charge < -0.3 is 24.6 Å². The smallest absolute Gasteiger partial charge is 0.257 e. The highest BCUT2D eigenvalue weighted by Gasteiger charge is 2.26. The van der Waals surface area contributed by atoms with Gasteiger partial charge in [0.05, 0.1) is 18.4 Å². The highest BCUT2D eigenvalue weighted by atomic mass is 32.1. The van der Waals surface area contributed by atoms with Gasteiger partial charge >= 0.3 is 0 Å². The van der Waals surface area contributed by atoms with Crippen LogP contribution in [-0.2, 0) is 6.54 Å². The van der Waals surface area contributed by atoms with Crippen molar-refractivity contribution in [2.75, 3.05) is 45.7 Å². The summed E-state index contributed by atoms with van der Waals surface area (Å²) in [6.45, 7) is 4.87. The number of anilines is 1. The van der Waals surface area contributed by atoms with Gasteiger partial charge in [-0.1, -0.05) is 12.1 Å². The van der Waals surface area contributed by atoms with E-state index in [1.807, 2.05) is 31.1 Å². The molecule has 0 unspecified atom stereocenters. The number of carbonyl (C=O) groups is 1. The van der Waals surface area contributed by atoms with Gasteiger partial charge in [0.15, 0.2) is 0 Å². The summed E-state index contributed by atoms with van der Waals surface area (Å²) in [7, 11) is 5.53. The Bertz CT molecular complexity index is 1120. The highest BCUT2D eigenvalue weighted by molar-refractivity contribution is 7.10. The lowest BCUT2D eigenvalue weighted by atomic mass is 10.1. The molecule has 7 nitrogen and oxygen atoms in total. The first-order chi connectivity index (χ1) is 16.5. The van der Waals surface area contributed by atoms with Crippen LogP contribution in [0.2, 0.25) is 0 Å². The number of carbonyl (C=O) groups excluding carboxylic acids is 1. The molecule has 0 radical (unpaired) electrons. The molecule has 1 atom stereocenters. The van der Waals surface area contributed by atoms with Crippen LogP contribution in [0.1, 0.15) is 38.9 Å². The van der Waals surface area contributed by atoms with Gasteiger partial charge in [-0.3, -0.25) is 4.79 Å². The fraction of sp³-hybridized carbons (Fsp3) is 0.385. The van der Waals surface area contributed by atoms with Crippen LogP contribution >= 0.6 is 11.3 Å². The molecule has 1 aliphatic heterocycles. The quantitative estimate of drug-likeness (QED) is 0.493. The molecule has 1 aliphatic rings. The maximum Gasteiger partial charge on any atom is 0.257 e. The Morgan fingerprint density at radius 3 is 2.79 bits per heavy atom. The lowest BCUT2D eigenvalue weighted by Crippen LogP contribution is -2.33. The van der Waals surface area contributed by atoms with E-state index in [4.69, 9.17) is 9.47 Å². The number of methoxy groups -OCH3 is 1. The second-order valence-corrected chi connectivity index (χ2v) is 9.47. The highest BCUT2D eigenvalue weighted by Crippen LogP contribution is 2.31. The number of rotatable bonds is 9. The third-order valence-electron chi connectivity index (χ3n) is 6.17. The van der Waals surface area contributed by atoms with E-state index in [1.165, 1.54) is 4.88 Å². The molecule has 0 fully saturated rings. The molecule has 8 heteroatoms. The summed E-state index contributed by atoms with van der Waals surface area (Å²) >= 11 is 1.72. The maximum absolute atomic E-state index is 13.3. The molecule has 0 saturated carbocycles. The first-order valence-corrected chi connectivity index (χ1v) is 12.4. The Labute approximate surface area is 205 Å². The van der Waals surface area contributed by atoms with Crippen LogP contribution in [0.15, 0.2) is 48.0 Å². The third-order valence-corrected chi connectivity index (χ3v) is 7.14. The van der Waals surface area contributed by atoms with E-state index in [2.05, 4.69) is 51.8 Å². The van der Waals surface area contributed by atoms with Crippen molar-refractivity contribution >= 4 is 22.9 Å². The predicted molar refractivity (Wildman–Crippen MR) is 136 cm³/mol. The van der Waals surface area contributed by atoms with Gasteiger partial charge in [-0.2, -0.15) is 0 Å². The molecule has 34 heavy (non-hydrogen) atoms. The minimum Gasteiger partial charge on any atom is -0.485 e.